The molecule has 0 nitrogen and oxygen atoms in total. The van der Waals surface area contributed by atoms with Crippen LogP contribution in [-0.4, -0.2) is 17.8 Å². The average molecular weight is 164 g/mol. The first-order valence-corrected chi connectivity index (χ1v) is 5.43. The van der Waals surface area contributed by atoms with E-state index in [-0.39, 0.29) is 0 Å². The summed E-state index contributed by atoms with van der Waals surface area (Å²) in [5.74, 6) is 3.21. The molecule has 0 spiro atoms. The van der Waals surface area contributed by atoms with Crippen molar-refractivity contribution in [2.75, 3.05) is 17.8 Å². The van der Waals surface area contributed by atoms with Gasteiger partial charge < -0.3 is 0 Å². The molecule has 1 unspecified atom stereocenters. The van der Waals surface area contributed by atoms with Crippen LogP contribution in [-0.2, 0) is 0 Å². The van der Waals surface area contributed by atoms with Crippen molar-refractivity contribution in [1.29, 1.82) is 0 Å². The van der Waals surface area contributed by atoms with Crippen molar-refractivity contribution < 1.29 is 0 Å². The Kier molecular flexibility index (Phi) is 7.34. The fourth-order valence-electron chi connectivity index (χ4n) is 0.684. The summed E-state index contributed by atoms with van der Waals surface area (Å²) in [5, 5.41) is 0. The average Bonchev–Trinajstić information content (AvgIpc) is 1.85. The van der Waals surface area contributed by atoms with Crippen molar-refractivity contribution in [3.05, 3.63) is 0 Å². The van der Waals surface area contributed by atoms with Crippen molar-refractivity contribution >= 4 is 24.4 Å². The highest BCUT2D eigenvalue weighted by atomic mass is 32.2. The van der Waals surface area contributed by atoms with E-state index in [2.05, 4.69) is 25.8 Å². The number of hydrogen-bond acceptors (Lipinski definition) is 2. The van der Waals surface area contributed by atoms with Crippen LogP contribution < -0.4 is 0 Å². The molecule has 56 valence electrons. The molecule has 0 fully saturated rings. The van der Waals surface area contributed by atoms with Gasteiger partial charge in [-0.25, -0.2) is 0 Å². The highest BCUT2D eigenvalue weighted by Gasteiger charge is 1.97. The summed E-state index contributed by atoms with van der Waals surface area (Å²) in [7, 11) is 0. The van der Waals surface area contributed by atoms with E-state index < -0.39 is 0 Å². The van der Waals surface area contributed by atoms with Crippen LogP contribution in [0.15, 0.2) is 0 Å². The monoisotopic (exact) mass is 164 g/mol. The van der Waals surface area contributed by atoms with Gasteiger partial charge in [0, 0.05) is 0 Å². The molecule has 0 aliphatic rings. The van der Waals surface area contributed by atoms with Crippen LogP contribution in [0.4, 0.5) is 0 Å². The van der Waals surface area contributed by atoms with Crippen LogP contribution in [0.5, 0.6) is 0 Å². The molecule has 0 aliphatic carbocycles. The van der Waals surface area contributed by atoms with Gasteiger partial charge in [0.05, 0.1) is 0 Å². The summed E-state index contributed by atoms with van der Waals surface area (Å²) in [5.41, 5.74) is 0. The number of thioether (sulfide) groups is 1. The van der Waals surface area contributed by atoms with Crippen LogP contribution in [0.3, 0.4) is 0 Å². The number of hydrogen-bond donors (Lipinski definition) is 1. The molecule has 0 rings (SSSR count). The molecule has 0 saturated carbocycles. The lowest BCUT2D eigenvalue weighted by atomic mass is 10.1. The van der Waals surface area contributed by atoms with Gasteiger partial charge in [0.2, 0.25) is 0 Å². The minimum absolute atomic E-state index is 0.870. The Morgan fingerprint density at radius 1 is 1.44 bits per heavy atom. The zero-order valence-electron chi connectivity index (χ0n) is 6.26. The van der Waals surface area contributed by atoms with Crippen LogP contribution in [0.25, 0.3) is 0 Å². The molecule has 1 atom stereocenters. The maximum Gasteiger partial charge on any atom is -0.00678 e. The van der Waals surface area contributed by atoms with Gasteiger partial charge in [-0.05, 0) is 36.5 Å². The van der Waals surface area contributed by atoms with Crippen molar-refractivity contribution in [2.45, 2.75) is 19.8 Å². The van der Waals surface area contributed by atoms with Gasteiger partial charge >= 0.3 is 0 Å². The molecule has 0 aromatic carbocycles. The topological polar surface area (TPSA) is 0 Å². The predicted octanol–water partition coefficient (Wildman–Crippen LogP) is 2.70. The molecule has 0 N–H and O–H groups in total. The van der Waals surface area contributed by atoms with Crippen molar-refractivity contribution in [3.8, 4) is 0 Å². The van der Waals surface area contributed by atoms with Crippen molar-refractivity contribution in [2.24, 2.45) is 5.92 Å². The standard InChI is InChI=1S/C7H16S2/c1-7(3-5-8)4-6-9-2/h7-8H,3-6H2,1-2H3. The molecule has 0 radical (unpaired) electrons. The zero-order valence-corrected chi connectivity index (χ0v) is 7.97. The molecule has 0 aliphatic heterocycles. The number of rotatable bonds is 5. The molecular formula is C7H16S2. The number of thiol groups is 1. The molecule has 0 amide bonds. The van der Waals surface area contributed by atoms with Gasteiger partial charge in [-0.1, -0.05) is 6.92 Å². The quantitative estimate of drug-likeness (QED) is 0.610. The smallest absolute Gasteiger partial charge is 0.00678 e. The van der Waals surface area contributed by atoms with Crippen molar-refractivity contribution in [1.82, 2.24) is 0 Å². The lowest BCUT2D eigenvalue weighted by Crippen LogP contribution is -1.96. The minimum Gasteiger partial charge on any atom is -0.179 e. The maximum absolute atomic E-state index is 4.18. The van der Waals surface area contributed by atoms with Crippen molar-refractivity contribution in [3.63, 3.8) is 0 Å². The van der Waals surface area contributed by atoms with Crippen LogP contribution in [0, 0.1) is 5.92 Å². The summed E-state index contributed by atoms with van der Waals surface area (Å²) < 4.78 is 0. The maximum atomic E-state index is 4.18. The molecule has 0 aromatic rings. The third kappa shape index (κ3) is 6.59. The van der Waals surface area contributed by atoms with Crippen LogP contribution in [0.1, 0.15) is 19.8 Å². The third-order valence-electron chi connectivity index (χ3n) is 1.44. The van der Waals surface area contributed by atoms with Gasteiger partial charge in [-0.3, -0.25) is 0 Å². The minimum atomic E-state index is 0.870. The van der Waals surface area contributed by atoms with Gasteiger partial charge in [0.15, 0.2) is 0 Å². The second-order valence-electron chi connectivity index (χ2n) is 2.40. The van der Waals surface area contributed by atoms with E-state index in [1.165, 1.54) is 18.6 Å². The first-order valence-electron chi connectivity index (χ1n) is 3.41. The molecule has 0 heterocycles. The van der Waals surface area contributed by atoms with E-state index in [0.29, 0.717) is 0 Å². The van der Waals surface area contributed by atoms with Gasteiger partial charge in [-0.15, -0.1) is 0 Å². The van der Waals surface area contributed by atoms with E-state index in [9.17, 15) is 0 Å². The van der Waals surface area contributed by atoms with E-state index in [4.69, 9.17) is 0 Å². The lowest BCUT2D eigenvalue weighted by molar-refractivity contribution is 0.554. The van der Waals surface area contributed by atoms with E-state index >= 15 is 0 Å². The first-order chi connectivity index (χ1) is 4.31. The Bertz CT molecular complexity index is 54.9. The Morgan fingerprint density at radius 3 is 2.56 bits per heavy atom. The Labute approximate surface area is 68.2 Å². The highest BCUT2D eigenvalue weighted by molar-refractivity contribution is 7.98. The molecule has 0 saturated heterocycles. The molecule has 0 aromatic heterocycles. The van der Waals surface area contributed by atoms with E-state index in [1.54, 1.807) is 0 Å². The zero-order chi connectivity index (χ0) is 7.11. The second-order valence-corrected chi connectivity index (χ2v) is 3.83. The highest BCUT2D eigenvalue weighted by Crippen LogP contribution is 2.10. The SMILES string of the molecule is CSCCC(C)CCS. The Balaban J connectivity index is 2.95. The van der Waals surface area contributed by atoms with Crippen LogP contribution in [0.2, 0.25) is 0 Å². The fraction of sp³-hybridized carbons (Fsp3) is 1.00. The summed E-state index contributed by atoms with van der Waals surface area (Å²) in [4.78, 5) is 0. The second kappa shape index (κ2) is 6.81. The van der Waals surface area contributed by atoms with Crippen LogP contribution >= 0.6 is 24.4 Å². The molecule has 2 heteroatoms. The van der Waals surface area contributed by atoms with Gasteiger partial charge in [-0.2, -0.15) is 24.4 Å². The largest absolute Gasteiger partial charge is 0.179 e. The van der Waals surface area contributed by atoms with Gasteiger partial charge in [0.1, 0.15) is 0 Å². The summed E-state index contributed by atoms with van der Waals surface area (Å²) in [6, 6.07) is 0. The third-order valence-corrected chi connectivity index (χ3v) is 2.34. The normalized spacial score (nSPS) is 13.7. The van der Waals surface area contributed by atoms with E-state index in [0.717, 1.165) is 11.7 Å². The van der Waals surface area contributed by atoms with E-state index in [1.807, 2.05) is 11.8 Å². The molecular weight excluding hydrogens is 148 g/mol. The lowest BCUT2D eigenvalue weighted by Gasteiger charge is -2.06. The molecule has 9 heavy (non-hydrogen) atoms. The molecule has 0 bridgehead atoms. The first kappa shape index (κ1) is 9.70. The predicted molar refractivity (Wildman–Crippen MR) is 50.6 cm³/mol. The fourth-order valence-corrected chi connectivity index (χ4v) is 1.76. The summed E-state index contributed by atoms with van der Waals surface area (Å²) in [6.45, 7) is 2.30. The summed E-state index contributed by atoms with van der Waals surface area (Å²) in [6.07, 6.45) is 4.78. The Morgan fingerprint density at radius 2 is 2.11 bits per heavy atom. The van der Waals surface area contributed by atoms with Gasteiger partial charge in [0.25, 0.3) is 0 Å². The summed E-state index contributed by atoms with van der Waals surface area (Å²) >= 11 is 6.11. The Hall–Kier alpha value is 0.700.